The van der Waals surface area contributed by atoms with Gasteiger partial charge in [-0.05, 0) is 131 Å². The lowest BCUT2D eigenvalue weighted by molar-refractivity contribution is -0.117. The standard InChI is InChI=1S/C54H63N15O3/c70-52(19-28-64-22-1-2-23-64)55-46-13-7-43(8-14-46)49-37-67(61-58-49)34-40-31-41(35-68-38-50(59-62-68)44-9-15-47(16-10-44)56-53(71)20-29-65-24-3-4-25-65)33-42(32-40)36-69-39-51(60-63-69)45-11-17-48(18-12-45)57-54(72)21-30-66-26-5-6-27-66/h7-18,31-33,37-39H,1-6,19-30,34-36H2,(H,55,70)(H,56,71)(H,57,72). The molecule has 3 aliphatic rings. The molecule has 0 bridgehead atoms. The molecule has 0 spiro atoms. The minimum Gasteiger partial charge on any atom is -0.326 e. The van der Waals surface area contributed by atoms with Gasteiger partial charge in [-0.25, -0.2) is 14.0 Å². The van der Waals surface area contributed by atoms with Gasteiger partial charge in [-0.2, -0.15) is 0 Å². The molecular formula is C54H63N15O3. The van der Waals surface area contributed by atoms with E-state index >= 15 is 0 Å². The molecule has 3 amide bonds. The molecule has 18 nitrogen and oxygen atoms in total. The van der Waals surface area contributed by atoms with Gasteiger partial charge in [-0.1, -0.05) is 70.2 Å². The number of anilines is 3. The van der Waals surface area contributed by atoms with Crippen molar-refractivity contribution in [2.75, 3.05) is 74.9 Å². The molecule has 3 fully saturated rings. The third kappa shape index (κ3) is 13.3. The Kier molecular flexibility index (Phi) is 15.6. The zero-order chi connectivity index (χ0) is 49.1. The largest absolute Gasteiger partial charge is 0.326 e. The lowest BCUT2D eigenvalue weighted by Gasteiger charge is -2.14. The van der Waals surface area contributed by atoms with Crippen LogP contribution in [0.3, 0.4) is 0 Å². The van der Waals surface area contributed by atoms with Crippen LogP contribution in [-0.2, 0) is 34.0 Å². The molecule has 0 atom stereocenters. The first kappa shape index (κ1) is 48.2. The maximum Gasteiger partial charge on any atom is 0.225 e. The smallest absolute Gasteiger partial charge is 0.225 e. The maximum atomic E-state index is 12.6. The van der Waals surface area contributed by atoms with Crippen LogP contribution in [0.15, 0.2) is 110 Å². The second-order valence-corrected chi connectivity index (χ2v) is 19.3. The highest BCUT2D eigenvalue weighted by Crippen LogP contribution is 2.24. The Morgan fingerprint density at radius 2 is 0.653 bits per heavy atom. The monoisotopic (exact) mass is 970 g/mol. The number of benzene rings is 4. The van der Waals surface area contributed by atoms with Gasteiger partial charge >= 0.3 is 0 Å². The summed E-state index contributed by atoms with van der Waals surface area (Å²) >= 11 is 0. The van der Waals surface area contributed by atoms with Gasteiger partial charge in [0.05, 0.1) is 38.2 Å². The van der Waals surface area contributed by atoms with Gasteiger partial charge in [0.1, 0.15) is 17.1 Å². The summed E-state index contributed by atoms with van der Waals surface area (Å²) in [4.78, 5) is 44.9. The van der Waals surface area contributed by atoms with E-state index in [1.165, 1.54) is 38.5 Å². The van der Waals surface area contributed by atoms with Crippen LogP contribution in [0.5, 0.6) is 0 Å². The molecule has 0 aliphatic carbocycles. The molecule has 6 heterocycles. The summed E-state index contributed by atoms with van der Waals surface area (Å²) in [5.74, 6) is 0.0502. The molecule has 0 unspecified atom stereocenters. The zero-order valence-electron chi connectivity index (χ0n) is 40.8. The Labute approximate surface area is 419 Å². The van der Waals surface area contributed by atoms with Crippen molar-refractivity contribution in [2.45, 2.75) is 77.4 Å². The van der Waals surface area contributed by atoms with Crippen molar-refractivity contribution >= 4 is 34.8 Å². The number of aromatic nitrogens is 9. The average Bonchev–Trinajstić information content (AvgIpc) is 4.25. The second kappa shape index (κ2) is 23.2. The van der Waals surface area contributed by atoms with E-state index in [1.54, 1.807) is 0 Å². The van der Waals surface area contributed by atoms with E-state index in [0.29, 0.717) is 38.9 Å². The number of carbonyl (C=O) groups excluding carboxylic acids is 3. The first-order valence-electron chi connectivity index (χ1n) is 25.5. The number of amides is 3. The molecule has 3 N–H and O–H groups in total. The van der Waals surface area contributed by atoms with Crippen molar-refractivity contribution in [3.63, 3.8) is 0 Å². The van der Waals surface area contributed by atoms with Crippen molar-refractivity contribution in [1.82, 2.24) is 59.7 Å². The maximum absolute atomic E-state index is 12.6. The van der Waals surface area contributed by atoms with Gasteiger partial charge in [-0.3, -0.25) is 14.4 Å². The van der Waals surface area contributed by atoms with Crippen molar-refractivity contribution in [2.24, 2.45) is 0 Å². The van der Waals surface area contributed by atoms with Crippen LogP contribution in [0.2, 0.25) is 0 Å². The van der Waals surface area contributed by atoms with Crippen LogP contribution >= 0.6 is 0 Å². The fourth-order valence-electron chi connectivity index (χ4n) is 9.84. The minimum atomic E-state index is 0.0167. The molecule has 3 aliphatic heterocycles. The molecule has 10 rings (SSSR count). The van der Waals surface area contributed by atoms with Crippen LogP contribution in [-0.4, -0.2) is 136 Å². The van der Waals surface area contributed by atoms with E-state index in [1.807, 2.05) is 105 Å². The van der Waals surface area contributed by atoms with Gasteiger partial charge < -0.3 is 30.7 Å². The first-order valence-corrected chi connectivity index (χ1v) is 25.5. The number of rotatable bonds is 21. The van der Waals surface area contributed by atoms with Gasteiger partial charge in [0.25, 0.3) is 0 Å². The lowest BCUT2D eigenvalue weighted by atomic mass is 10.0. The van der Waals surface area contributed by atoms with E-state index in [0.717, 1.165) is 126 Å². The van der Waals surface area contributed by atoms with Crippen molar-refractivity contribution in [3.05, 3.63) is 126 Å². The summed E-state index contributed by atoms with van der Waals surface area (Å²) in [6.45, 7) is 10.2. The van der Waals surface area contributed by atoms with Gasteiger partial charge in [0.2, 0.25) is 17.7 Å². The Morgan fingerprint density at radius 3 is 0.917 bits per heavy atom. The molecule has 4 aromatic carbocycles. The number of carbonyl (C=O) groups is 3. The molecule has 372 valence electrons. The summed E-state index contributed by atoms with van der Waals surface area (Å²) < 4.78 is 5.48. The summed E-state index contributed by atoms with van der Waals surface area (Å²) in [5.41, 5.74) is 10.2. The summed E-state index contributed by atoms with van der Waals surface area (Å²) in [6, 6.07) is 29.6. The van der Waals surface area contributed by atoms with E-state index in [-0.39, 0.29) is 17.7 Å². The zero-order valence-corrected chi connectivity index (χ0v) is 40.8. The third-order valence-corrected chi connectivity index (χ3v) is 13.7. The molecule has 0 radical (unpaired) electrons. The Morgan fingerprint density at radius 1 is 0.389 bits per heavy atom. The van der Waals surface area contributed by atoms with Gasteiger partial charge in [0, 0.05) is 72.6 Å². The number of likely N-dealkylation sites (tertiary alicyclic amines) is 3. The Balaban J connectivity index is 0.808. The Hall–Kier alpha value is -7.41. The van der Waals surface area contributed by atoms with E-state index in [4.69, 9.17) is 0 Å². The molecule has 18 heteroatoms. The Bertz CT molecular complexity index is 2580. The highest BCUT2D eigenvalue weighted by molar-refractivity contribution is 5.92. The normalized spacial score (nSPS) is 15.3. The van der Waals surface area contributed by atoms with Crippen LogP contribution in [0.1, 0.15) is 74.5 Å². The number of nitrogens with one attached hydrogen (secondary N) is 3. The first-order chi connectivity index (χ1) is 35.3. The fourth-order valence-corrected chi connectivity index (χ4v) is 9.84. The highest BCUT2D eigenvalue weighted by atomic mass is 16.2. The van der Waals surface area contributed by atoms with Crippen LogP contribution in [0.25, 0.3) is 33.8 Å². The summed E-state index contributed by atoms with van der Waals surface area (Å²) in [5, 5.41) is 36.1. The topological polar surface area (TPSA) is 189 Å². The lowest BCUT2D eigenvalue weighted by Crippen LogP contribution is -2.25. The average molecular weight is 970 g/mol. The fraction of sp³-hybridized carbons (Fsp3) is 0.389. The molecule has 3 saturated heterocycles. The second-order valence-electron chi connectivity index (χ2n) is 19.3. The van der Waals surface area contributed by atoms with E-state index in [9.17, 15) is 14.4 Å². The predicted molar refractivity (Wildman–Crippen MR) is 277 cm³/mol. The minimum absolute atomic E-state index is 0.0167. The molecule has 0 saturated carbocycles. The van der Waals surface area contributed by atoms with Crippen molar-refractivity contribution < 1.29 is 14.4 Å². The van der Waals surface area contributed by atoms with Crippen molar-refractivity contribution in [1.29, 1.82) is 0 Å². The predicted octanol–water partition coefficient (Wildman–Crippen LogP) is 6.88. The third-order valence-electron chi connectivity index (χ3n) is 13.7. The molecule has 7 aromatic rings. The summed E-state index contributed by atoms with van der Waals surface area (Å²) in [6.07, 6.45) is 14.5. The number of hydrogen-bond acceptors (Lipinski definition) is 12. The van der Waals surface area contributed by atoms with E-state index in [2.05, 4.69) is 79.8 Å². The SMILES string of the molecule is O=C(CCN1CCCC1)Nc1ccc(-c2cn(Cc3cc(Cn4cc(-c5ccc(NC(=O)CCN6CCCC6)cc5)nn4)cc(Cn4cc(-c5ccc(NC(=O)CCN6CCCC6)cc5)nn4)c3)nn2)cc1. The molecule has 72 heavy (non-hydrogen) atoms. The van der Waals surface area contributed by atoms with Gasteiger partial charge in [-0.15, -0.1) is 15.3 Å². The van der Waals surface area contributed by atoms with E-state index < -0.39 is 0 Å². The highest BCUT2D eigenvalue weighted by Gasteiger charge is 2.17. The number of nitrogens with zero attached hydrogens (tertiary/aromatic N) is 12. The molecular weight excluding hydrogens is 907 g/mol. The number of hydrogen-bond donors (Lipinski definition) is 3. The molecule has 3 aromatic heterocycles. The quantitative estimate of drug-likeness (QED) is 0.0679. The van der Waals surface area contributed by atoms with Gasteiger partial charge in [0.15, 0.2) is 0 Å². The van der Waals surface area contributed by atoms with Crippen LogP contribution in [0, 0.1) is 0 Å². The van der Waals surface area contributed by atoms with Crippen molar-refractivity contribution in [3.8, 4) is 33.8 Å². The summed E-state index contributed by atoms with van der Waals surface area (Å²) in [7, 11) is 0. The van der Waals surface area contributed by atoms with Crippen LogP contribution in [0.4, 0.5) is 17.1 Å². The van der Waals surface area contributed by atoms with Crippen LogP contribution < -0.4 is 16.0 Å².